The molecule has 0 radical (unpaired) electrons. The molecule has 2 saturated heterocycles. The zero-order chi connectivity index (χ0) is 16.4. The molecule has 23 heavy (non-hydrogen) atoms. The lowest BCUT2D eigenvalue weighted by Crippen LogP contribution is -2.41. The van der Waals surface area contributed by atoms with Gasteiger partial charge in [0, 0.05) is 30.1 Å². The number of hydrogen-bond acceptors (Lipinski definition) is 4. The van der Waals surface area contributed by atoms with E-state index in [-0.39, 0.29) is 19.4 Å². The van der Waals surface area contributed by atoms with Gasteiger partial charge < -0.3 is 14.4 Å². The van der Waals surface area contributed by atoms with Crippen molar-refractivity contribution in [2.45, 2.75) is 31.3 Å². The molecular weight excluding hydrogens is 313 g/mol. The smallest absolute Gasteiger partial charge is 0.346 e. The molecule has 3 heterocycles. The molecule has 0 saturated carbocycles. The summed E-state index contributed by atoms with van der Waals surface area (Å²) < 4.78 is 50.2. The van der Waals surface area contributed by atoms with Crippen molar-refractivity contribution in [3.63, 3.8) is 0 Å². The van der Waals surface area contributed by atoms with Gasteiger partial charge in [0.15, 0.2) is 6.29 Å². The predicted octanol–water partition coefficient (Wildman–Crippen LogP) is 2.60. The van der Waals surface area contributed by atoms with Crippen LogP contribution in [0.25, 0.3) is 0 Å². The van der Waals surface area contributed by atoms with Crippen LogP contribution in [0.5, 0.6) is 0 Å². The van der Waals surface area contributed by atoms with Crippen LogP contribution in [0.1, 0.15) is 36.3 Å². The van der Waals surface area contributed by atoms with Crippen LogP contribution in [-0.2, 0) is 14.3 Å². The summed E-state index contributed by atoms with van der Waals surface area (Å²) in [5.74, 6) is -1.43. The zero-order valence-electron chi connectivity index (χ0n) is 12.3. The van der Waals surface area contributed by atoms with Gasteiger partial charge in [0.2, 0.25) is 6.41 Å². The summed E-state index contributed by atoms with van der Waals surface area (Å²) in [7, 11) is 0. The number of rotatable bonds is 3. The number of ether oxygens (including phenoxy) is 2. The van der Waals surface area contributed by atoms with Gasteiger partial charge in [0.1, 0.15) is 0 Å². The third-order valence-corrected chi connectivity index (χ3v) is 4.36. The van der Waals surface area contributed by atoms with E-state index in [1.165, 1.54) is 11.1 Å². The first-order valence-corrected chi connectivity index (χ1v) is 7.45. The number of alkyl halides is 3. The molecule has 5 nitrogen and oxygen atoms in total. The van der Waals surface area contributed by atoms with Crippen molar-refractivity contribution in [2.75, 3.05) is 19.8 Å². The minimum absolute atomic E-state index is 0.0685. The van der Waals surface area contributed by atoms with E-state index in [1.807, 2.05) is 0 Å². The Balaban J connectivity index is 1.92. The summed E-state index contributed by atoms with van der Waals surface area (Å²) in [5, 5.41) is 0. The number of aromatic nitrogens is 1. The lowest BCUT2D eigenvalue weighted by atomic mass is 9.86. The molecule has 0 bridgehead atoms. The van der Waals surface area contributed by atoms with Crippen LogP contribution in [-0.4, -0.2) is 42.2 Å². The lowest BCUT2D eigenvalue weighted by Gasteiger charge is -2.39. The molecule has 1 amide bonds. The number of halogens is 3. The fraction of sp³-hybridized carbons (Fsp3) is 0.600. The van der Waals surface area contributed by atoms with Crippen LogP contribution in [0, 0.1) is 5.92 Å². The van der Waals surface area contributed by atoms with Crippen LogP contribution < -0.4 is 0 Å². The first-order chi connectivity index (χ1) is 11.0. The molecule has 3 rings (SSSR count). The lowest BCUT2D eigenvalue weighted by molar-refractivity contribution is -0.190. The molecular formula is C15H17F3N2O3. The second-order valence-electron chi connectivity index (χ2n) is 5.70. The number of nitrogens with zero attached hydrogens (tertiary/aromatic N) is 2. The highest BCUT2D eigenvalue weighted by atomic mass is 19.4. The Hall–Kier alpha value is -1.67. The van der Waals surface area contributed by atoms with E-state index >= 15 is 0 Å². The third-order valence-electron chi connectivity index (χ3n) is 4.36. The monoisotopic (exact) mass is 330 g/mol. The third kappa shape index (κ3) is 3.32. The van der Waals surface area contributed by atoms with Gasteiger partial charge in [-0.05, 0) is 18.9 Å². The van der Waals surface area contributed by atoms with Gasteiger partial charge in [-0.2, -0.15) is 13.2 Å². The van der Waals surface area contributed by atoms with Gasteiger partial charge in [-0.1, -0.05) is 0 Å². The maximum Gasteiger partial charge on any atom is 0.391 e. The normalized spacial score (nSPS) is 26.5. The number of likely N-dealkylation sites (tertiary alicyclic amines) is 1. The molecule has 0 aromatic carbocycles. The van der Waals surface area contributed by atoms with Crippen molar-refractivity contribution in [3.05, 3.63) is 29.6 Å². The average Bonchev–Trinajstić information content (AvgIpc) is 3.07. The minimum atomic E-state index is -4.27. The summed E-state index contributed by atoms with van der Waals surface area (Å²) in [6.45, 7) is 0.929. The Morgan fingerprint density at radius 1 is 1.26 bits per heavy atom. The summed E-state index contributed by atoms with van der Waals surface area (Å²) in [4.78, 5) is 16.7. The van der Waals surface area contributed by atoms with Crippen molar-refractivity contribution >= 4 is 6.41 Å². The molecule has 126 valence electrons. The van der Waals surface area contributed by atoms with E-state index in [2.05, 4.69) is 4.98 Å². The summed E-state index contributed by atoms with van der Waals surface area (Å²) >= 11 is 0. The van der Waals surface area contributed by atoms with Crippen molar-refractivity contribution in [3.8, 4) is 0 Å². The maximum absolute atomic E-state index is 13.1. The van der Waals surface area contributed by atoms with Crippen LogP contribution in [0.4, 0.5) is 13.2 Å². The van der Waals surface area contributed by atoms with Gasteiger partial charge in [-0.3, -0.25) is 9.78 Å². The van der Waals surface area contributed by atoms with Crippen LogP contribution in [0.2, 0.25) is 0 Å². The molecule has 0 spiro atoms. The van der Waals surface area contributed by atoms with Gasteiger partial charge in [0.25, 0.3) is 0 Å². The standard InChI is InChI=1S/C15H17F3N2O3/c16-15(17,18)10-2-4-20(9-21)13(7-10)12-8-19-3-1-11(12)14-22-5-6-23-14/h1,3,8-10,13-14H,2,4-7H2. The highest BCUT2D eigenvalue weighted by Crippen LogP contribution is 2.43. The van der Waals surface area contributed by atoms with Crippen LogP contribution >= 0.6 is 0 Å². The van der Waals surface area contributed by atoms with Gasteiger partial charge in [0.05, 0.1) is 25.2 Å². The predicted molar refractivity (Wildman–Crippen MR) is 73.2 cm³/mol. The van der Waals surface area contributed by atoms with Crippen LogP contribution in [0.3, 0.4) is 0 Å². The summed E-state index contributed by atoms with van der Waals surface area (Å²) in [6, 6.07) is 0.996. The molecule has 0 N–H and O–H groups in total. The highest BCUT2D eigenvalue weighted by molar-refractivity contribution is 5.49. The van der Waals surface area contributed by atoms with E-state index in [1.54, 1.807) is 12.3 Å². The van der Waals surface area contributed by atoms with Crippen LogP contribution in [0.15, 0.2) is 18.5 Å². The molecule has 8 heteroatoms. The quantitative estimate of drug-likeness (QED) is 0.800. The Kier molecular flexibility index (Phi) is 4.54. The highest BCUT2D eigenvalue weighted by Gasteiger charge is 2.45. The molecule has 2 fully saturated rings. The first-order valence-electron chi connectivity index (χ1n) is 7.45. The number of carbonyl (C=O) groups is 1. The van der Waals surface area contributed by atoms with Gasteiger partial charge in [-0.15, -0.1) is 0 Å². The molecule has 2 aliphatic rings. The van der Waals surface area contributed by atoms with Crippen molar-refractivity contribution in [1.82, 2.24) is 9.88 Å². The molecule has 2 aliphatic heterocycles. The maximum atomic E-state index is 13.1. The van der Waals surface area contributed by atoms with E-state index in [4.69, 9.17) is 9.47 Å². The topological polar surface area (TPSA) is 51.7 Å². The van der Waals surface area contributed by atoms with Crippen molar-refractivity contribution in [2.24, 2.45) is 5.92 Å². The molecule has 2 unspecified atom stereocenters. The fourth-order valence-corrected chi connectivity index (χ4v) is 3.16. The minimum Gasteiger partial charge on any atom is -0.346 e. The van der Waals surface area contributed by atoms with E-state index in [9.17, 15) is 18.0 Å². The molecule has 1 aromatic heterocycles. The Labute approximate surface area is 131 Å². The fourth-order valence-electron chi connectivity index (χ4n) is 3.16. The number of piperidine rings is 1. The van der Waals surface area contributed by atoms with E-state index in [0.29, 0.717) is 30.8 Å². The Morgan fingerprint density at radius 2 is 2.00 bits per heavy atom. The largest absolute Gasteiger partial charge is 0.391 e. The van der Waals surface area contributed by atoms with E-state index < -0.39 is 24.4 Å². The zero-order valence-corrected chi connectivity index (χ0v) is 12.3. The SMILES string of the molecule is O=CN1CCC(C(F)(F)F)CC1c1cnccc1C1OCCO1. The summed E-state index contributed by atoms with van der Waals surface area (Å²) in [6.07, 6.45) is -1.49. The second-order valence-corrected chi connectivity index (χ2v) is 5.70. The van der Waals surface area contributed by atoms with Crippen molar-refractivity contribution < 1.29 is 27.4 Å². The number of pyridine rings is 1. The average molecular weight is 330 g/mol. The number of carbonyl (C=O) groups excluding carboxylic acids is 1. The summed E-state index contributed by atoms with van der Waals surface area (Å²) in [5.41, 5.74) is 1.19. The van der Waals surface area contributed by atoms with E-state index in [0.717, 1.165) is 0 Å². The molecule has 0 aliphatic carbocycles. The van der Waals surface area contributed by atoms with Gasteiger partial charge >= 0.3 is 6.18 Å². The Bertz CT molecular complexity index is 561. The number of hydrogen-bond donors (Lipinski definition) is 0. The number of amides is 1. The molecule has 2 atom stereocenters. The second kappa shape index (κ2) is 6.45. The molecule has 1 aromatic rings. The van der Waals surface area contributed by atoms with Crippen molar-refractivity contribution in [1.29, 1.82) is 0 Å². The van der Waals surface area contributed by atoms with Gasteiger partial charge in [-0.25, -0.2) is 0 Å². The first kappa shape index (κ1) is 16.2. The Morgan fingerprint density at radius 3 is 2.65 bits per heavy atom.